The number of carbonyl (C=O) groups excluding carboxylic acids is 2. The minimum Gasteiger partial charge on any atom is -0.354 e. The van der Waals surface area contributed by atoms with Gasteiger partial charge in [-0.2, -0.15) is 0 Å². The van der Waals surface area contributed by atoms with Crippen LogP contribution in [-0.2, 0) is 32.6 Å². The maximum absolute atomic E-state index is 14.1. The van der Waals surface area contributed by atoms with E-state index in [1.807, 2.05) is 57.2 Å². The average Bonchev–Trinajstić information content (AvgIpc) is 2.89. The molecular formula is C31H38ClN3O4S. The molecule has 0 saturated carbocycles. The number of anilines is 1. The van der Waals surface area contributed by atoms with Crippen molar-refractivity contribution in [2.75, 3.05) is 23.7 Å². The van der Waals surface area contributed by atoms with Crippen molar-refractivity contribution in [2.45, 2.75) is 52.6 Å². The first-order valence-electron chi connectivity index (χ1n) is 13.4. The Morgan fingerprint density at radius 2 is 1.55 bits per heavy atom. The Balaban J connectivity index is 2.04. The highest BCUT2D eigenvalue weighted by atomic mass is 35.5. The molecule has 1 N–H and O–H groups in total. The highest BCUT2D eigenvalue weighted by Gasteiger charge is 2.33. The zero-order valence-electron chi connectivity index (χ0n) is 23.6. The van der Waals surface area contributed by atoms with Crippen LogP contribution in [0.2, 0.25) is 5.02 Å². The minimum atomic E-state index is -3.81. The molecule has 0 unspecified atom stereocenters. The van der Waals surface area contributed by atoms with E-state index in [-0.39, 0.29) is 18.9 Å². The second-order valence-electron chi connectivity index (χ2n) is 10.1. The van der Waals surface area contributed by atoms with Gasteiger partial charge in [-0.25, -0.2) is 8.42 Å². The molecule has 0 saturated heterocycles. The SMILES string of the molecule is CCCCNC(=O)[C@H](Cc1ccccc1)N(Cc1ccc(Cl)cc1)C(=O)CN(c1cc(C)cc(C)c1)S(C)(=O)=O. The van der Waals surface area contributed by atoms with Crippen LogP contribution in [0.15, 0.2) is 72.8 Å². The summed E-state index contributed by atoms with van der Waals surface area (Å²) in [6, 6.07) is 21.1. The maximum atomic E-state index is 14.1. The third kappa shape index (κ3) is 9.10. The molecule has 40 heavy (non-hydrogen) atoms. The first-order chi connectivity index (χ1) is 19.0. The third-order valence-electron chi connectivity index (χ3n) is 6.54. The van der Waals surface area contributed by atoms with Gasteiger partial charge in [-0.3, -0.25) is 13.9 Å². The number of nitrogens with one attached hydrogen (secondary N) is 1. The number of aryl methyl sites for hydroxylation is 2. The molecule has 0 aliphatic carbocycles. The number of hydrogen-bond acceptors (Lipinski definition) is 4. The van der Waals surface area contributed by atoms with Crippen molar-refractivity contribution < 1.29 is 18.0 Å². The molecule has 1 atom stereocenters. The highest BCUT2D eigenvalue weighted by Crippen LogP contribution is 2.23. The van der Waals surface area contributed by atoms with Crippen LogP contribution in [0, 0.1) is 13.8 Å². The monoisotopic (exact) mass is 583 g/mol. The lowest BCUT2D eigenvalue weighted by Crippen LogP contribution is -2.53. The second kappa shape index (κ2) is 14.3. The third-order valence-corrected chi connectivity index (χ3v) is 7.93. The first-order valence-corrected chi connectivity index (χ1v) is 15.6. The van der Waals surface area contributed by atoms with Gasteiger partial charge in [0.1, 0.15) is 12.6 Å². The number of nitrogens with zero attached hydrogens (tertiary/aromatic N) is 2. The predicted octanol–water partition coefficient (Wildman–Crippen LogP) is 5.28. The summed E-state index contributed by atoms with van der Waals surface area (Å²) >= 11 is 6.10. The highest BCUT2D eigenvalue weighted by molar-refractivity contribution is 7.92. The van der Waals surface area contributed by atoms with Crippen LogP contribution in [0.3, 0.4) is 0 Å². The topological polar surface area (TPSA) is 86.8 Å². The van der Waals surface area contributed by atoms with Crippen LogP contribution in [0.25, 0.3) is 0 Å². The predicted molar refractivity (Wildman–Crippen MR) is 162 cm³/mol. The number of halogens is 1. The Morgan fingerprint density at radius 1 is 0.925 bits per heavy atom. The number of sulfonamides is 1. The fraction of sp³-hybridized carbons (Fsp3) is 0.355. The molecule has 0 heterocycles. The molecule has 214 valence electrons. The van der Waals surface area contributed by atoms with Crippen molar-refractivity contribution in [3.05, 3.63) is 100 Å². The molecule has 0 bridgehead atoms. The summed E-state index contributed by atoms with van der Waals surface area (Å²) in [6.45, 7) is 5.95. The van der Waals surface area contributed by atoms with Crippen molar-refractivity contribution in [1.29, 1.82) is 0 Å². The lowest BCUT2D eigenvalue weighted by molar-refractivity contribution is -0.140. The standard InChI is InChI=1S/C31H38ClN3O4S/c1-5-6-16-33-31(37)29(20-25-10-8-7-9-11-25)34(21-26-12-14-27(32)15-13-26)30(36)22-35(40(4,38)39)28-18-23(2)17-24(3)19-28/h7-15,17-19,29H,5-6,16,20-22H2,1-4H3,(H,33,37)/t29-/m0/s1. The summed E-state index contributed by atoms with van der Waals surface area (Å²) in [5.74, 6) is -0.761. The smallest absolute Gasteiger partial charge is 0.244 e. The van der Waals surface area contributed by atoms with Crippen molar-refractivity contribution >= 4 is 39.1 Å². The van der Waals surface area contributed by atoms with Gasteiger partial charge in [0.2, 0.25) is 21.8 Å². The molecule has 3 aromatic rings. The molecule has 0 aliphatic rings. The van der Waals surface area contributed by atoms with E-state index >= 15 is 0 Å². The van der Waals surface area contributed by atoms with Crippen LogP contribution in [0.1, 0.15) is 42.0 Å². The number of benzene rings is 3. The van der Waals surface area contributed by atoms with Gasteiger partial charge in [0.15, 0.2) is 0 Å². The number of unbranched alkanes of at least 4 members (excludes halogenated alkanes) is 1. The van der Waals surface area contributed by atoms with Gasteiger partial charge in [-0.05, 0) is 66.8 Å². The van der Waals surface area contributed by atoms with Gasteiger partial charge in [0, 0.05) is 24.5 Å². The molecule has 3 aromatic carbocycles. The largest absolute Gasteiger partial charge is 0.354 e. The molecule has 3 rings (SSSR count). The first kappa shape index (κ1) is 31.2. The van der Waals surface area contributed by atoms with E-state index in [1.54, 1.807) is 36.4 Å². The fourth-order valence-corrected chi connectivity index (χ4v) is 5.51. The van der Waals surface area contributed by atoms with Gasteiger partial charge >= 0.3 is 0 Å². The Hall–Kier alpha value is -3.36. The van der Waals surface area contributed by atoms with E-state index in [4.69, 9.17) is 11.6 Å². The van der Waals surface area contributed by atoms with E-state index in [2.05, 4.69) is 5.32 Å². The van der Waals surface area contributed by atoms with Crippen molar-refractivity contribution in [2.24, 2.45) is 0 Å². The summed E-state index contributed by atoms with van der Waals surface area (Å²) < 4.78 is 27.0. The molecular weight excluding hydrogens is 546 g/mol. The molecule has 7 nitrogen and oxygen atoms in total. The number of hydrogen-bond donors (Lipinski definition) is 1. The Labute approximate surface area is 243 Å². The lowest BCUT2D eigenvalue weighted by atomic mass is 10.0. The number of rotatable bonds is 13. The van der Waals surface area contributed by atoms with Crippen LogP contribution in [-0.4, -0.2) is 50.5 Å². The molecule has 2 amide bonds. The van der Waals surface area contributed by atoms with Gasteiger partial charge in [-0.15, -0.1) is 0 Å². The van der Waals surface area contributed by atoms with Gasteiger partial charge in [0.25, 0.3) is 0 Å². The van der Waals surface area contributed by atoms with E-state index in [0.29, 0.717) is 17.3 Å². The van der Waals surface area contributed by atoms with Crippen molar-refractivity contribution in [3.63, 3.8) is 0 Å². The van der Waals surface area contributed by atoms with Gasteiger partial charge in [-0.1, -0.05) is 73.5 Å². The Morgan fingerprint density at radius 3 is 2.12 bits per heavy atom. The maximum Gasteiger partial charge on any atom is 0.244 e. The van der Waals surface area contributed by atoms with Crippen LogP contribution in [0.4, 0.5) is 5.69 Å². The summed E-state index contributed by atoms with van der Waals surface area (Å²) in [4.78, 5) is 29.2. The van der Waals surface area contributed by atoms with E-state index < -0.39 is 28.5 Å². The summed E-state index contributed by atoms with van der Waals surface area (Å²) in [7, 11) is -3.81. The average molecular weight is 584 g/mol. The lowest BCUT2D eigenvalue weighted by Gasteiger charge is -2.33. The molecule has 0 radical (unpaired) electrons. The van der Waals surface area contributed by atoms with Crippen molar-refractivity contribution in [1.82, 2.24) is 10.2 Å². The van der Waals surface area contributed by atoms with Gasteiger partial charge in [0.05, 0.1) is 11.9 Å². The van der Waals surface area contributed by atoms with Crippen LogP contribution < -0.4 is 9.62 Å². The molecule has 0 aliphatic heterocycles. The second-order valence-corrected chi connectivity index (χ2v) is 12.5. The summed E-state index contributed by atoms with van der Waals surface area (Å²) in [5, 5.41) is 3.53. The Bertz CT molecular complexity index is 1380. The number of carbonyl (C=O) groups is 2. The minimum absolute atomic E-state index is 0.110. The van der Waals surface area contributed by atoms with E-state index in [9.17, 15) is 18.0 Å². The zero-order chi connectivity index (χ0) is 29.3. The van der Waals surface area contributed by atoms with Gasteiger partial charge < -0.3 is 10.2 Å². The van der Waals surface area contributed by atoms with Crippen LogP contribution >= 0.6 is 11.6 Å². The van der Waals surface area contributed by atoms with E-state index in [0.717, 1.165) is 45.7 Å². The number of amides is 2. The zero-order valence-corrected chi connectivity index (χ0v) is 25.1. The Kier molecular flexibility index (Phi) is 11.2. The fourth-order valence-electron chi connectivity index (χ4n) is 4.55. The molecule has 0 spiro atoms. The molecule has 0 aromatic heterocycles. The quantitative estimate of drug-likeness (QED) is 0.277. The van der Waals surface area contributed by atoms with Crippen LogP contribution in [0.5, 0.6) is 0 Å². The normalized spacial score (nSPS) is 12.0. The summed E-state index contributed by atoms with van der Waals surface area (Å²) in [6.07, 6.45) is 3.08. The molecule has 9 heteroatoms. The summed E-state index contributed by atoms with van der Waals surface area (Å²) in [5.41, 5.74) is 3.83. The van der Waals surface area contributed by atoms with Crippen molar-refractivity contribution in [3.8, 4) is 0 Å². The molecule has 0 fully saturated rings. The van der Waals surface area contributed by atoms with E-state index in [1.165, 1.54) is 4.90 Å².